The van der Waals surface area contributed by atoms with Crippen molar-refractivity contribution in [1.29, 1.82) is 0 Å². The average Bonchev–Trinajstić information content (AvgIpc) is 3.46. The Labute approximate surface area is 247 Å². The van der Waals surface area contributed by atoms with E-state index in [-0.39, 0.29) is 61.9 Å². The van der Waals surface area contributed by atoms with Crippen LogP contribution < -0.4 is 25.4 Å². The number of hydrogen-bond acceptors (Lipinski definition) is 6. The highest BCUT2D eigenvalue weighted by atomic mass is 16.5. The van der Waals surface area contributed by atoms with E-state index < -0.39 is 23.9 Å². The predicted molar refractivity (Wildman–Crippen MR) is 158 cm³/mol. The van der Waals surface area contributed by atoms with Gasteiger partial charge >= 0.3 is 0 Å². The SMILES string of the molecule is Cc1ccc(OCCNC(=O)[C@@H]2CCC(=O)N3CCC[C@H]3C(=O)N[C@H](C(C)C)COc3ccccc3C(=O)N2)c(C)c1. The lowest BCUT2D eigenvalue weighted by atomic mass is 10.0. The van der Waals surface area contributed by atoms with E-state index in [9.17, 15) is 19.2 Å². The van der Waals surface area contributed by atoms with Crippen molar-refractivity contribution in [1.82, 2.24) is 20.9 Å². The third-order valence-electron chi connectivity index (χ3n) is 7.82. The summed E-state index contributed by atoms with van der Waals surface area (Å²) in [6.07, 6.45) is 1.39. The van der Waals surface area contributed by atoms with E-state index in [1.165, 1.54) is 0 Å². The topological polar surface area (TPSA) is 126 Å². The van der Waals surface area contributed by atoms with E-state index in [4.69, 9.17) is 9.47 Å². The van der Waals surface area contributed by atoms with Crippen molar-refractivity contribution in [2.75, 3.05) is 26.3 Å². The van der Waals surface area contributed by atoms with Crippen molar-refractivity contribution in [3.63, 3.8) is 0 Å². The first-order chi connectivity index (χ1) is 20.1. The molecule has 0 aromatic heterocycles. The normalized spacial score (nSPS) is 21.7. The standard InChI is InChI=1S/C32H42N4O6/c1-20(2)25-19-42-28-10-6-5-8-23(28)30(38)34-24(12-14-29(37)36-16-7-9-26(36)32(40)35-25)31(39)33-15-17-41-27-13-11-21(3)18-22(27)4/h5-6,8,10-11,13,18,20,24-26H,7,9,12,14-17,19H2,1-4H3,(H,33,39)(H,34,38)(H,35,40)/t24-,25-,26-/m0/s1. The van der Waals surface area contributed by atoms with Crippen LogP contribution in [-0.2, 0) is 14.4 Å². The van der Waals surface area contributed by atoms with Gasteiger partial charge in [0.2, 0.25) is 17.7 Å². The van der Waals surface area contributed by atoms with Crippen molar-refractivity contribution < 1.29 is 28.7 Å². The number of nitrogens with zero attached hydrogens (tertiary/aromatic N) is 1. The quantitative estimate of drug-likeness (QED) is 0.453. The molecule has 2 aromatic carbocycles. The fourth-order valence-electron chi connectivity index (χ4n) is 5.31. The van der Waals surface area contributed by atoms with Crippen LogP contribution in [0.2, 0.25) is 0 Å². The van der Waals surface area contributed by atoms with Crippen LogP contribution in [0.4, 0.5) is 0 Å². The van der Waals surface area contributed by atoms with Gasteiger partial charge in [-0.1, -0.05) is 43.7 Å². The van der Waals surface area contributed by atoms with Gasteiger partial charge in [0.25, 0.3) is 5.91 Å². The van der Waals surface area contributed by atoms with Gasteiger partial charge in [-0.3, -0.25) is 19.2 Å². The monoisotopic (exact) mass is 578 g/mol. The number of ether oxygens (including phenoxy) is 2. The second kappa shape index (κ2) is 14.2. The van der Waals surface area contributed by atoms with E-state index in [1.54, 1.807) is 29.2 Å². The molecule has 0 aliphatic carbocycles. The summed E-state index contributed by atoms with van der Waals surface area (Å²) < 4.78 is 11.9. The van der Waals surface area contributed by atoms with E-state index in [2.05, 4.69) is 16.0 Å². The second-order valence-corrected chi connectivity index (χ2v) is 11.4. The summed E-state index contributed by atoms with van der Waals surface area (Å²) in [6.45, 7) is 9.02. The number of aryl methyl sites for hydroxylation is 2. The zero-order chi connectivity index (χ0) is 30.2. The summed E-state index contributed by atoms with van der Waals surface area (Å²) in [5, 5.41) is 8.70. The number of benzene rings is 2. The molecule has 2 aliphatic heterocycles. The van der Waals surface area contributed by atoms with Gasteiger partial charge < -0.3 is 30.3 Å². The molecule has 2 aliphatic rings. The Bertz CT molecular complexity index is 1300. The number of rotatable bonds is 6. The molecule has 42 heavy (non-hydrogen) atoms. The molecular formula is C32H42N4O6. The molecule has 0 unspecified atom stereocenters. The Morgan fingerprint density at radius 1 is 1.10 bits per heavy atom. The lowest BCUT2D eigenvalue weighted by Crippen LogP contribution is -2.52. The molecule has 226 valence electrons. The molecule has 2 aromatic rings. The molecule has 1 fully saturated rings. The van der Waals surface area contributed by atoms with Crippen LogP contribution in [-0.4, -0.2) is 73.0 Å². The smallest absolute Gasteiger partial charge is 0.255 e. The number of para-hydroxylation sites is 1. The zero-order valence-electron chi connectivity index (χ0n) is 24.9. The molecule has 10 heteroatoms. The second-order valence-electron chi connectivity index (χ2n) is 11.4. The maximum absolute atomic E-state index is 13.4. The number of nitrogens with one attached hydrogen (secondary N) is 3. The van der Waals surface area contributed by atoms with Gasteiger partial charge in [-0.2, -0.15) is 0 Å². The summed E-state index contributed by atoms with van der Waals surface area (Å²) in [5.41, 5.74) is 2.41. The van der Waals surface area contributed by atoms with Gasteiger partial charge in [-0.15, -0.1) is 0 Å². The fourth-order valence-corrected chi connectivity index (χ4v) is 5.31. The van der Waals surface area contributed by atoms with Crippen molar-refractivity contribution in [3.8, 4) is 11.5 Å². The number of carbonyl (C=O) groups is 4. The van der Waals surface area contributed by atoms with Crippen LogP contribution in [0, 0.1) is 19.8 Å². The van der Waals surface area contributed by atoms with Crippen molar-refractivity contribution >= 4 is 23.6 Å². The highest BCUT2D eigenvalue weighted by molar-refractivity contribution is 5.99. The minimum Gasteiger partial charge on any atom is -0.491 e. The summed E-state index contributed by atoms with van der Waals surface area (Å²) >= 11 is 0. The minimum absolute atomic E-state index is 0.00691. The molecule has 4 amide bonds. The maximum atomic E-state index is 13.4. The van der Waals surface area contributed by atoms with Gasteiger partial charge in [0.15, 0.2) is 0 Å². The van der Waals surface area contributed by atoms with Crippen molar-refractivity contribution in [2.24, 2.45) is 5.92 Å². The minimum atomic E-state index is -0.973. The molecule has 0 radical (unpaired) electrons. The van der Waals surface area contributed by atoms with E-state index in [0.717, 1.165) is 23.3 Å². The molecule has 0 saturated carbocycles. The lowest BCUT2D eigenvalue weighted by Gasteiger charge is -2.28. The van der Waals surface area contributed by atoms with Crippen LogP contribution in [0.15, 0.2) is 42.5 Å². The predicted octanol–water partition coefficient (Wildman–Crippen LogP) is 2.90. The zero-order valence-corrected chi connectivity index (χ0v) is 24.9. The molecule has 4 rings (SSSR count). The molecule has 1 saturated heterocycles. The highest BCUT2D eigenvalue weighted by Gasteiger charge is 2.36. The maximum Gasteiger partial charge on any atom is 0.255 e. The number of carbonyl (C=O) groups excluding carboxylic acids is 4. The highest BCUT2D eigenvalue weighted by Crippen LogP contribution is 2.23. The molecule has 0 bridgehead atoms. The van der Waals surface area contributed by atoms with Gasteiger partial charge in [0.05, 0.1) is 18.2 Å². The Hall–Kier alpha value is -4.08. The van der Waals surface area contributed by atoms with E-state index >= 15 is 0 Å². The summed E-state index contributed by atoms with van der Waals surface area (Å²) in [7, 11) is 0. The fraction of sp³-hybridized carbons (Fsp3) is 0.500. The Morgan fingerprint density at radius 2 is 1.88 bits per heavy atom. The Morgan fingerprint density at radius 3 is 2.64 bits per heavy atom. The molecule has 2 heterocycles. The van der Waals surface area contributed by atoms with Crippen molar-refractivity contribution in [3.05, 3.63) is 59.2 Å². The van der Waals surface area contributed by atoms with Gasteiger partial charge in [0, 0.05) is 13.0 Å². The van der Waals surface area contributed by atoms with Crippen LogP contribution in [0.25, 0.3) is 0 Å². The molecule has 0 spiro atoms. The van der Waals surface area contributed by atoms with E-state index in [0.29, 0.717) is 18.7 Å². The number of hydrogen-bond donors (Lipinski definition) is 3. The Balaban J connectivity index is 1.50. The summed E-state index contributed by atoms with van der Waals surface area (Å²) in [4.78, 5) is 54.8. The molecule has 3 N–H and O–H groups in total. The number of fused-ring (bicyclic) bond motifs is 2. The molecular weight excluding hydrogens is 536 g/mol. The largest absolute Gasteiger partial charge is 0.491 e. The van der Waals surface area contributed by atoms with Crippen LogP contribution >= 0.6 is 0 Å². The molecule has 3 atom stereocenters. The van der Waals surface area contributed by atoms with Crippen LogP contribution in [0.1, 0.15) is 61.0 Å². The van der Waals surface area contributed by atoms with Crippen LogP contribution in [0.3, 0.4) is 0 Å². The first-order valence-corrected chi connectivity index (χ1v) is 14.7. The van der Waals surface area contributed by atoms with Crippen molar-refractivity contribution in [2.45, 2.75) is 71.5 Å². The third kappa shape index (κ3) is 7.80. The average molecular weight is 579 g/mol. The lowest BCUT2D eigenvalue weighted by molar-refractivity contribution is -0.139. The molecule has 10 nitrogen and oxygen atoms in total. The number of amides is 4. The van der Waals surface area contributed by atoms with Crippen LogP contribution in [0.5, 0.6) is 11.5 Å². The third-order valence-corrected chi connectivity index (χ3v) is 7.82. The van der Waals surface area contributed by atoms with Gasteiger partial charge in [-0.05, 0) is 62.8 Å². The Kier molecular flexibility index (Phi) is 10.4. The van der Waals surface area contributed by atoms with Gasteiger partial charge in [-0.25, -0.2) is 0 Å². The first-order valence-electron chi connectivity index (χ1n) is 14.7. The first kappa shape index (κ1) is 30.9. The van der Waals surface area contributed by atoms with Gasteiger partial charge in [0.1, 0.15) is 36.8 Å². The van der Waals surface area contributed by atoms with E-state index in [1.807, 2.05) is 45.9 Å². The summed E-state index contributed by atoms with van der Waals surface area (Å²) in [6, 6.07) is 10.8. The summed E-state index contributed by atoms with van der Waals surface area (Å²) in [5.74, 6) is -0.178.